The first kappa shape index (κ1) is 20.5. The SMILES string of the molecule is Cc1cc(-c2ccc(F)cn2)c(C)cc1COc1c(C)cccc1-n1nnn(C)c1=O. The van der Waals surface area contributed by atoms with Crippen LogP contribution in [-0.4, -0.2) is 24.8 Å². The van der Waals surface area contributed by atoms with Crippen LogP contribution in [0.4, 0.5) is 4.39 Å². The molecule has 0 aliphatic rings. The zero-order valence-corrected chi connectivity index (χ0v) is 17.8. The lowest BCUT2D eigenvalue weighted by atomic mass is 9.98. The van der Waals surface area contributed by atoms with Gasteiger partial charge in [-0.05, 0) is 77.7 Å². The minimum absolute atomic E-state index is 0.316. The number of hydrogen-bond acceptors (Lipinski definition) is 5. The molecular weight excluding hydrogens is 397 g/mol. The van der Waals surface area contributed by atoms with Gasteiger partial charge < -0.3 is 4.74 Å². The molecule has 0 unspecified atom stereocenters. The van der Waals surface area contributed by atoms with Gasteiger partial charge in [0.25, 0.3) is 0 Å². The van der Waals surface area contributed by atoms with Crippen molar-refractivity contribution in [1.29, 1.82) is 0 Å². The number of pyridine rings is 1. The summed E-state index contributed by atoms with van der Waals surface area (Å²) in [4.78, 5) is 16.5. The predicted octanol–water partition coefficient (Wildman–Crippen LogP) is 3.67. The summed E-state index contributed by atoms with van der Waals surface area (Å²) in [6.07, 6.45) is 1.22. The van der Waals surface area contributed by atoms with Crippen molar-refractivity contribution in [2.75, 3.05) is 0 Å². The lowest BCUT2D eigenvalue weighted by Crippen LogP contribution is -2.22. The highest BCUT2D eigenvalue weighted by Crippen LogP contribution is 2.29. The molecule has 0 amide bonds. The zero-order chi connectivity index (χ0) is 22.1. The van der Waals surface area contributed by atoms with E-state index < -0.39 is 0 Å². The second kappa shape index (κ2) is 8.14. The lowest BCUT2D eigenvalue weighted by Gasteiger charge is -2.16. The van der Waals surface area contributed by atoms with E-state index in [-0.39, 0.29) is 11.5 Å². The van der Waals surface area contributed by atoms with Gasteiger partial charge in [0.05, 0.1) is 11.9 Å². The van der Waals surface area contributed by atoms with E-state index in [1.807, 2.05) is 45.0 Å². The highest BCUT2D eigenvalue weighted by Gasteiger charge is 2.15. The molecule has 4 rings (SSSR count). The van der Waals surface area contributed by atoms with Crippen LogP contribution in [-0.2, 0) is 13.7 Å². The molecule has 2 heterocycles. The van der Waals surface area contributed by atoms with Gasteiger partial charge in [0, 0.05) is 12.6 Å². The third-order valence-electron chi connectivity index (χ3n) is 5.20. The first-order chi connectivity index (χ1) is 14.8. The van der Waals surface area contributed by atoms with Crippen LogP contribution >= 0.6 is 0 Å². The van der Waals surface area contributed by atoms with Gasteiger partial charge in [-0.25, -0.2) is 9.18 Å². The molecule has 0 saturated heterocycles. The van der Waals surface area contributed by atoms with Gasteiger partial charge >= 0.3 is 5.69 Å². The van der Waals surface area contributed by atoms with Crippen LogP contribution in [0.5, 0.6) is 5.75 Å². The molecule has 0 N–H and O–H groups in total. The van der Waals surface area contributed by atoms with Gasteiger partial charge in [0.15, 0.2) is 0 Å². The molecule has 0 aliphatic heterocycles. The Morgan fingerprint density at radius 1 is 1.00 bits per heavy atom. The van der Waals surface area contributed by atoms with Gasteiger partial charge in [-0.1, -0.05) is 18.2 Å². The van der Waals surface area contributed by atoms with Crippen LogP contribution in [0.2, 0.25) is 0 Å². The maximum absolute atomic E-state index is 13.2. The summed E-state index contributed by atoms with van der Waals surface area (Å²) in [5.74, 6) is 0.214. The second-order valence-electron chi connectivity index (χ2n) is 7.46. The number of ether oxygens (including phenoxy) is 1. The normalized spacial score (nSPS) is 11.0. The molecular formula is C23H22FN5O2. The van der Waals surface area contributed by atoms with Gasteiger partial charge in [0.2, 0.25) is 0 Å². The summed E-state index contributed by atoms with van der Waals surface area (Å²) >= 11 is 0. The summed E-state index contributed by atoms with van der Waals surface area (Å²) in [7, 11) is 1.55. The van der Waals surface area contributed by atoms with Crippen molar-refractivity contribution in [3.05, 3.63) is 87.2 Å². The molecule has 2 aromatic heterocycles. The molecule has 0 fully saturated rings. The molecule has 0 bridgehead atoms. The molecule has 0 radical (unpaired) electrons. The molecule has 8 heteroatoms. The molecule has 158 valence electrons. The summed E-state index contributed by atoms with van der Waals surface area (Å²) < 4.78 is 21.8. The van der Waals surface area contributed by atoms with E-state index in [9.17, 15) is 9.18 Å². The van der Waals surface area contributed by atoms with E-state index in [2.05, 4.69) is 15.4 Å². The fourth-order valence-corrected chi connectivity index (χ4v) is 3.45. The number of para-hydroxylation sites is 1. The Hall–Kier alpha value is -3.81. The van der Waals surface area contributed by atoms with Gasteiger partial charge in [-0.3, -0.25) is 4.98 Å². The van der Waals surface area contributed by atoms with Crippen molar-refractivity contribution >= 4 is 0 Å². The molecule has 0 spiro atoms. The maximum Gasteiger partial charge on any atom is 0.368 e. The number of halogens is 1. The summed E-state index contributed by atoms with van der Waals surface area (Å²) in [5, 5.41) is 7.71. The third kappa shape index (κ3) is 3.96. The number of tetrazole rings is 1. The Balaban J connectivity index is 1.65. The molecule has 0 atom stereocenters. The first-order valence-electron chi connectivity index (χ1n) is 9.79. The largest absolute Gasteiger partial charge is 0.486 e. The monoisotopic (exact) mass is 419 g/mol. The first-order valence-corrected chi connectivity index (χ1v) is 9.79. The number of nitrogens with zero attached hydrogens (tertiary/aromatic N) is 5. The zero-order valence-electron chi connectivity index (χ0n) is 17.8. The average molecular weight is 419 g/mol. The van der Waals surface area contributed by atoms with E-state index in [1.165, 1.54) is 21.6 Å². The third-order valence-corrected chi connectivity index (χ3v) is 5.20. The van der Waals surface area contributed by atoms with E-state index in [0.717, 1.165) is 33.5 Å². The van der Waals surface area contributed by atoms with Crippen molar-refractivity contribution in [2.24, 2.45) is 7.05 Å². The standard InChI is InChI=1S/C23H22FN5O2/c1-14-6-5-7-21(29-23(30)28(4)26-27-29)22(14)31-13-17-10-16(3)19(11-15(17)2)20-9-8-18(24)12-25-20/h5-12H,13H2,1-4H3. The van der Waals surface area contributed by atoms with Crippen LogP contribution < -0.4 is 10.4 Å². The predicted molar refractivity (Wildman–Crippen MR) is 115 cm³/mol. The quantitative estimate of drug-likeness (QED) is 0.493. The molecule has 31 heavy (non-hydrogen) atoms. The van der Waals surface area contributed by atoms with Crippen LogP contribution in [0.3, 0.4) is 0 Å². The van der Waals surface area contributed by atoms with Crippen molar-refractivity contribution in [2.45, 2.75) is 27.4 Å². The Bertz CT molecular complexity index is 1310. The van der Waals surface area contributed by atoms with Crippen LogP contribution in [0, 0.1) is 26.6 Å². The maximum atomic E-state index is 13.2. The molecule has 7 nitrogen and oxygen atoms in total. The molecule has 0 saturated carbocycles. The number of benzene rings is 2. The average Bonchev–Trinajstić information content (AvgIpc) is 3.08. The molecule has 2 aromatic carbocycles. The Morgan fingerprint density at radius 3 is 2.48 bits per heavy atom. The van der Waals surface area contributed by atoms with Crippen molar-refractivity contribution in [1.82, 2.24) is 24.8 Å². The van der Waals surface area contributed by atoms with E-state index in [4.69, 9.17) is 4.74 Å². The Morgan fingerprint density at radius 2 is 1.81 bits per heavy atom. The van der Waals surface area contributed by atoms with Gasteiger partial charge in [0.1, 0.15) is 23.9 Å². The minimum atomic E-state index is -0.362. The Labute approximate surface area is 178 Å². The number of aryl methyl sites for hydroxylation is 4. The van der Waals surface area contributed by atoms with Crippen molar-refractivity contribution in [3.8, 4) is 22.7 Å². The highest BCUT2D eigenvalue weighted by molar-refractivity contribution is 5.65. The lowest BCUT2D eigenvalue weighted by molar-refractivity contribution is 0.301. The van der Waals surface area contributed by atoms with Crippen LogP contribution in [0.1, 0.15) is 22.3 Å². The summed E-state index contributed by atoms with van der Waals surface area (Å²) in [6.45, 7) is 6.22. The van der Waals surface area contributed by atoms with Crippen LogP contribution in [0.15, 0.2) is 53.5 Å². The van der Waals surface area contributed by atoms with Gasteiger partial charge in [-0.2, -0.15) is 9.36 Å². The Kier molecular flexibility index (Phi) is 5.37. The fourth-order valence-electron chi connectivity index (χ4n) is 3.45. The van der Waals surface area contributed by atoms with Crippen molar-refractivity contribution in [3.63, 3.8) is 0 Å². The molecule has 0 aliphatic carbocycles. The summed E-state index contributed by atoms with van der Waals surface area (Å²) in [6, 6.07) is 12.7. The number of rotatable bonds is 5. The number of hydrogen-bond donors (Lipinski definition) is 0. The van der Waals surface area contributed by atoms with E-state index in [1.54, 1.807) is 19.2 Å². The summed E-state index contributed by atoms with van der Waals surface area (Å²) in [5.41, 5.74) is 5.79. The molecule has 4 aromatic rings. The topological polar surface area (TPSA) is 74.8 Å². The van der Waals surface area contributed by atoms with E-state index >= 15 is 0 Å². The fraction of sp³-hybridized carbons (Fsp3) is 0.217. The van der Waals surface area contributed by atoms with Crippen LogP contribution in [0.25, 0.3) is 16.9 Å². The minimum Gasteiger partial charge on any atom is -0.486 e. The number of aromatic nitrogens is 5. The van der Waals surface area contributed by atoms with E-state index in [0.29, 0.717) is 18.0 Å². The van der Waals surface area contributed by atoms with Crippen molar-refractivity contribution < 1.29 is 9.13 Å². The highest BCUT2D eigenvalue weighted by atomic mass is 19.1. The second-order valence-corrected chi connectivity index (χ2v) is 7.46. The van der Waals surface area contributed by atoms with Gasteiger partial charge in [-0.15, -0.1) is 0 Å². The smallest absolute Gasteiger partial charge is 0.368 e.